The van der Waals surface area contributed by atoms with Gasteiger partial charge in [0.05, 0.1) is 11.4 Å². The van der Waals surface area contributed by atoms with Gasteiger partial charge >= 0.3 is 5.97 Å². The third-order valence-corrected chi connectivity index (χ3v) is 3.26. The minimum absolute atomic E-state index is 0.0936. The second-order valence-electron chi connectivity index (χ2n) is 4.72. The van der Waals surface area contributed by atoms with Gasteiger partial charge in [0.15, 0.2) is 0 Å². The highest BCUT2D eigenvalue weighted by Gasteiger charge is 2.10. The first-order valence-corrected chi connectivity index (χ1v) is 7.24. The maximum Gasteiger partial charge on any atom is 0.313 e. The summed E-state index contributed by atoms with van der Waals surface area (Å²) >= 11 is 6.16. The number of hydrogen-bond donors (Lipinski definition) is 1. The van der Waals surface area contributed by atoms with Crippen molar-refractivity contribution in [3.63, 3.8) is 0 Å². The highest BCUT2D eigenvalue weighted by Crippen LogP contribution is 2.30. The molecular weight excluding hydrogens is 302 g/mol. The second-order valence-corrected chi connectivity index (χ2v) is 5.13. The summed E-state index contributed by atoms with van der Waals surface area (Å²) in [6, 6.07) is 15.1. The first kappa shape index (κ1) is 16.0. The molecule has 4 nitrogen and oxygen atoms in total. The van der Waals surface area contributed by atoms with E-state index in [1.54, 1.807) is 12.1 Å². The van der Waals surface area contributed by atoms with Crippen molar-refractivity contribution in [2.24, 2.45) is 0 Å². The number of carbonyl (C=O) groups excluding carboxylic acids is 2. The number of hydrogen-bond acceptors (Lipinski definition) is 3. The summed E-state index contributed by atoms with van der Waals surface area (Å²) in [5.74, 6) is -0.310. The molecule has 2 rings (SSSR count). The van der Waals surface area contributed by atoms with Gasteiger partial charge in [0.25, 0.3) is 0 Å². The Hall–Kier alpha value is -2.33. The fourth-order valence-electron chi connectivity index (χ4n) is 1.91. The van der Waals surface area contributed by atoms with Crippen LogP contribution in [0.4, 0.5) is 0 Å². The van der Waals surface area contributed by atoms with E-state index < -0.39 is 5.97 Å². The molecule has 0 bridgehead atoms. The van der Waals surface area contributed by atoms with Crippen LogP contribution >= 0.6 is 11.6 Å². The molecule has 0 heterocycles. The molecule has 0 aliphatic rings. The highest BCUT2D eigenvalue weighted by atomic mass is 35.5. The lowest BCUT2D eigenvalue weighted by Crippen LogP contribution is -2.24. The number of ether oxygens (including phenoxy) is 1. The zero-order valence-electron chi connectivity index (χ0n) is 12.1. The monoisotopic (exact) mass is 317 g/mol. The molecule has 0 spiro atoms. The molecule has 1 amide bonds. The van der Waals surface area contributed by atoms with Crippen LogP contribution in [0, 0.1) is 0 Å². The average Bonchev–Trinajstić information content (AvgIpc) is 2.50. The second kappa shape index (κ2) is 7.61. The highest BCUT2D eigenvalue weighted by molar-refractivity contribution is 6.32. The van der Waals surface area contributed by atoms with Gasteiger partial charge in [-0.2, -0.15) is 0 Å². The molecule has 22 heavy (non-hydrogen) atoms. The van der Waals surface area contributed by atoms with Crippen LogP contribution in [0.2, 0.25) is 5.02 Å². The maximum atomic E-state index is 11.7. The predicted octanol–water partition coefficient (Wildman–Crippen LogP) is 3.44. The van der Waals surface area contributed by atoms with E-state index in [9.17, 15) is 9.59 Å². The molecule has 2 aromatic carbocycles. The van der Waals surface area contributed by atoms with Crippen molar-refractivity contribution >= 4 is 23.5 Å². The zero-order valence-corrected chi connectivity index (χ0v) is 12.9. The summed E-state index contributed by atoms with van der Waals surface area (Å²) in [7, 11) is 0. The Morgan fingerprint density at radius 3 is 2.45 bits per heavy atom. The molecule has 5 heteroatoms. The molecule has 0 saturated heterocycles. The number of rotatable bonds is 5. The summed E-state index contributed by atoms with van der Waals surface area (Å²) in [5.41, 5.74) is 1.98. The van der Waals surface area contributed by atoms with Crippen LogP contribution in [-0.2, 0) is 9.59 Å². The number of esters is 1. The van der Waals surface area contributed by atoms with Crippen molar-refractivity contribution in [2.75, 3.05) is 6.54 Å². The van der Waals surface area contributed by atoms with Gasteiger partial charge in [-0.05, 0) is 23.3 Å². The van der Waals surface area contributed by atoms with E-state index in [4.69, 9.17) is 16.3 Å². The summed E-state index contributed by atoms with van der Waals surface area (Å²) < 4.78 is 5.20. The van der Waals surface area contributed by atoms with Gasteiger partial charge < -0.3 is 10.1 Å². The first-order valence-electron chi connectivity index (χ1n) is 6.86. The van der Waals surface area contributed by atoms with Gasteiger partial charge in [-0.25, -0.2) is 0 Å². The molecule has 2 aromatic rings. The van der Waals surface area contributed by atoms with Gasteiger partial charge in [-0.3, -0.25) is 9.59 Å². The van der Waals surface area contributed by atoms with Gasteiger partial charge in [0.1, 0.15) is 5.75 Å². The van der Waals surface area contributed by atoms with E-state index in [0.29, 0.717) is 10.8 Å². The Balaban J connectivity index is 2.01. The molecule has 0 atom stereocenters. The Morgan fingerprint density at radius 2 is 1.82 bits per heavy atom. The predicted molar refractivity (Wildman–Crippen MR) is 85.8 cm³/mol. The molecule has 1 N–H and O–H groups in total. The van der Waals surface area contributed by atoms with Crippen molar-refractivity contribution in [1.29, 1.82) is 0 Å². The summed E-state index contributed by atoms with van der Waals surface area (Å²) in [4.78, 5) is 22.4. The number of amides is 1. The molecule has 0 aromatic heterocycles. The topological polar surface area (TPSA) is 55.4 Å². The van der Waals surface area contributed by atoms with Crippen LogP contribution in [0.15, 0.2) is 48.5 Å². The third kappa shape index (κ3) is 4.60. The minimum Gasteiger partial charge on any atom is -0.425 e. The number of halogens is 1. The van der Waals surface area contributed by atoms with Crippen LogP contribution in [0.1, 0.15) is 13.3 Å². The molecule has 0 radical (unpaired) electrons. The number of nitrogens with one attached hydrogen (secondary N) is 1. The molecule has 114 valence electrons. The van der Waals surface area contributed by atoms with Gasteiger partial charge in [0.2, 0.25) is 5.91 Å². The smallest absolute Gasteiger partial charge is 0.313 e. The van der Waals surface area contributed by atoms with Crippen LogP contribution in [0.3, 0.4) is 0 Å². The van der Waals surface area contributed by atoms with Crippen LogP contribution in [-0.4, -0.2) is 18.4 Å². The molecule has 0 aliphatic carbocycles. The van der Waals surface area contributed by atoms with Gasteiger partial charge in [-0.15, -0.1) is 0 Å². The normalized spacial score (nSPS) is 10.1. The summed E-state index contributed by atoms with van der Waals surface area (Å²) in [6.07, 6.45) is 0.0936. The van der Waals surface area contributed by atoms with Crippen molar-refractivity contribution < 1.29 is 14.3 Å². The van der Waals surface area contributed by atoms with E-state index in [1.807, 2.05) is 36.4 Å². The number of benzene rings is 2. The quantitative estimate of drug-likeness (QED) is 0.679. The Morgan fingerprint density at radius 1 is 1.09 bits per heavy atom. The third-order valence-electron chi connectivity index (χ3n) is 2.97. The zero-order chi connectivity index (χ0) is 15.9. The van der Waals surface area contributed by atoms with E-state index in [0.717, 1.165) is 11.1 Å². The van der Waals surface area contributed by atoms with Gasteiger partial charge in [-0.1, -0.05) is 48.0 Å². The van der Waals surface area contributed by atoms with E-state index in [-0.39, 0.29) is 18.9 Å². The van der Waals surface area contributed by atoms with Crippen LogP contribution in [0.25, 0.3) is 11.1 Å². The Labute approximate surface area is 134 Å². The van der Waals surface area contributed by atoms with Gasteiger partial charge in [0, 0.05) is 13.5 Å². The standard InChI is InChI=1S/C17H16ClNO3/c1-12(20)19-10-9-17(21)22-16-8-7-14(11-15(16)18)13-5-3-2-4-6-13/h2-8,11H,9-10H2,1H3,(H,19,20). The molecule has 0 saturated carbocycles. The Bertz CT molecular complexity index is 671. The average molecular weight is 318 g/mol. The SMILES string of the molecule is CC(=O)NCCC(=O)Oc1ccc(-c2ccccc2)cc1Cl. The van der Waals surface area contributed by atoms with Crippen LogP contribution < -0.4 is 10.1 Å². The van der Waals surface area contributed by atoms with E-state index >= 15 is 0 Å². The maximum absolute atomic E-state index is 11.7. The largest absolute Gasteiger partial charge is 0.425 e. The van der Waals surface area contributed by atoms with E-state index in [2.05, 4.69) is 5.32 Å². The summed E-state index contributed by atoms with van der Waals surface area (Å²) in [6.45, 7) is 1.64. The lowest BCUT2D eigenvalue weighted by atomic mass is 10.1. The molecule has 0 unspecified atom stereocenters. The first-order chi connectivity index (χ1) is 10.6. The van der Waals surface area contributed by atoms with Crippen LogP contribution in [0.5, 0.6) is 5.75 Å². The van der Waals surface area contributed by atoms with Crippen molar-refractivity contribution in [1.82, 2.24) is 5.32 Å². The number of carbonyl (C=O) groups is 2. The van der Waals surface area contributed by atoms with Crippen molar-refractivity contribution in [3.8, 4) is 16.9 Å². The van der Waals surface area contributed by atoms with Crippen molar-refractivity contribution in [2.45, 2.75) is 13.3 Å². The molecule has 0 aliphatic heterocycles. The summed E-state index contributed by atoms with van der Waals surface area (Å²) in [5, 5.41) is 2.90. The fourth-order valence-corrected chi connectivity index (χ4v) is 2.13. The molecule has 0 fully saturated rings. The Kier molecular flexibility index (Phi) is 5.55. The fraction of sp³-hybridized carbons (Fsp3) is 0.176. The minimum atomic E-state index is -0.442. The lowest BCUT2D eigenvalue weighted by Gasteiger charge is -2.08. The molecular formula is C17H16ClNO3. The van der Waals surface area contributed by atoms with Crippen molar-refractivity contribution in [3.05, 3.63) is 53.6 Å². The van der Waals surface area contributed by atoms with E-state index in [1.165, 1.54) is 6.92 Å². The lowest BCUT2D eigenvalue weighted by molar-refractivity contribution is -0.134.